The zero-order valence-electron chi connectivity index (χ0n) is 14.9. The Morgan fingerprint density at radius 2 is 1.40 bits per heavy atom. The zero-order chi connectivity index (χ0) is 15.9. The van der Waals surface area contributed by atoms with Crippen molar-refractivity contribution in [2.45, 2.75) is 97.4 Å². The zero-order valence-corrected chi connectivity index (χ0v) is 15.9. The Labute approximate surface area is 127 Å². The van der Waals surface area contributed by atoms with Crippen LogP contribution in [0.5, 0.6) is 0 Å². The molecule has 0 heterocycles. The lowest BCUT2D eigenvalue weighted by atomic mass is 9.98. The average Bonchev–Trinajstić information content (AvgIpc) is 2.35. The normalized spacial score (nSPS) is 15.9. The summed E-state index contributed by atoms with van der Waals surface area (Å²) in [5.74, 6) is 0.466. The van der Waals surface area contributed by atoms with E-state index in [1.807, 2.05) is 0 Å². The standard InChI is InChI=1S/C17H36O2Si/c1-9-17(16(8)11-10-12-18)19-20(13(2)3,14(4)5)15(6)7/h12-17H,9-11H2,1-8H3/t16-,17+/m0/s1. The summed E-state index contributed by atoms with van der Waals surface area (Å²) in [5, 5.41) is 0. The van der Waals surface area contributed by atoms with Gasteiger partial charge in [0.2, 0.25) is 8.32 Å². The van der Waals surface area contributed by atoms with E-state index in [0.717, 1.165) is 19.1 Å². The molecule has 0 amide bonds. The van der Waals surface area contributed by atoms with Crippen molar-refractivity contribution < 1.29 is 9.22 Å². The highest BCUT2D eigenvalue weighted by molar-refractivity contribution is 6.77. The van der Waals surface area contributed by atoms with E-state index in [0.29, 0.717) is 35.1 Å². The number of rotatable bonds is 10. The first-order valence-corrected chi connectivity index (χ1v) is 10.5. The maximum atomic E-state index is 10.6. The highest BCUT2D eigenvalue weighted by Crippen LogP contribution is 2.44. The predicted octanol–water partition coefficient (Wildman–Crippen LogP) is 5.57. The fraction of sp³-hybridized carbons (Fsp3) is 0.941. The lowest BCUT2D eigenvalue weighted by Gasteiger charge is -2.45. The third-order valence-corrected chi connectivity index (χ3v) is 11.0. The van der Waals surface area contributed by atoms with Gasteiger partial charge in [-0.1, -0.05) is 55.4 Å². The molecule has 0 spiro atoms. The minimum atomic E-state index is -1.80. The third kappa shape index (κ3) is 4.69. The summed E-state index contributed by atoms with van der Waals surface area (Å²) in [4.78, 5) is 10.6. The molecule has 2 nitrogen and oxygen atoms in total. The number of hydrogen-bond acceptors (Lipinski definition) is 2. The third-order valence-electron chi connectivity index (χ3n) is 4.84. The van der Waals surface area contributed by atoms with Crippen LogP contribution in [0.2, 0.25) is 16.6 Å². The molecule has 0 aliphatic rings. The van der Waals surface area contributed by atoms with E-state index in [1.54, 1.807) is 0 Å². The number of carbonyl (C=O) groups is 1. The van der Waals surface area contributed by atoms with Gasteiger partial charge in [-0.25, -0.2) is 0 Å². The van der Waals surface area contributed by atoms with Crippen molar-refractivity contribution in [3.63, 3.8) is 0 Å². The van der Waals surface area contributed by atoms with Gasteiger partial charge in [-0.05, 0) is 35.4 Å². The molecule has 0 aromatic rings. The fourth-order valence-corrected chi connectivity index (χ4v) is 9.53. The summed E-state index contributed by atoms with van der Waals surface area (Å²) in [7, 11) is -1.80. The van der Waals surface area contributed by atoms with Gasteiger partial charge >= 0.3 is 0 Å². The molecule has 0 aromatic heterocycles. The van der Waals surface area contributed by atoms with Gasteiger partial charge in [0, 0.05) is 12.5 Å². The van der Waals surface area contributed by atoms with Crippen molar-refractivity contribution >= 4 is 14.6 Å². The molecule has 0 N–H and O–H groups in total. The lowest BCUT2D eigenvalue weighted by molar-refractivity contribution is -0.108. The van der Waals surface area contributed by atoms with E-state index in [2.05, 4.69) is 55.4 Å². The van der Waals surface area contributed by atoms with Crippen LogP contribution in [0.25, 0.3) is 0 Å². The SMILES string of the molecule is CC[C@@H](O[Si](C(C)C)(C(C)C)C(C)C)[C@@H](C)CCC=O. The van der Waals surface area contributed by atoms with Crippen LogP contribution >= 0.6 is 0 Å². The molecule has 20 heavy (non-hydrogen) atoms. The van der Waals surface area contributed by atoms with Gasteiger partial charge in [0.05, 0.1) is 0 Å². The van der Waals surface area contributed by atoms with Gasteiger partial charge in [-0.15, -0.1) is 0 Å². The van der Waals surface area contributed by atoms with Crippen LogP contribution in [-0.2, 0) is 9.22 Å². The largest absolute Gasteiger partial charge is 0.413 e. The Kier molecular flexibility index (Phi) is 8.92. The molecule has 0 aromatic carbocycles. The first kappa shape index (κ1) is 19.8. The monoisotopic (exact) mass is 300 g/mol. The van der Waals surface area contributed by atoms with Crippen LogP contribution in [0.15, 0.2) is 0 Å². The van der Waals surface area contributed by atoms with Crippen LogP contribution in [-0.4, -0.2) is 20.7 Å². The molecule has 0 saturated heterocycles. The van der Waals surface area contributed by atoms with Gasteiger partial charge in [0.25, 0.3) is 0 Å². The van der Waals surface area contributed by atoms with Crippen LogP contribution in [0.4, 0.5) is 0 Å². The van der Waals surface area contributed by atoms with Crippen molar-refractivity contribution in [3.05, 3.63) is 0 Å². The maximum Gasteiger partial charge on any atom is 0.200 e. The Bertz CT molecular complexity index is 252. The van der Waals surface area contributed by atoms with Gasteiger partial charge < -0.3 is 9.22 Å². The molecule has 0 radical (unpaired) electrons. The molecule has 3 heteroatoms. The van der Waals surface area contributed by atoms with E-state index < -0.39 is 8.32 Å². The van der Waals surface area contributed by atoms with Crippen molar-refractivity contribution in [3.8, 4) is 0 Å². The molecule has 2 atom stereocenters. The quantitative estimate of drug-likeness (QED) is 0.389. The van der Waals surface area contributed by atoms with Gasteiger partial charge in [0.15, 0.2) is 0 Å². The van der Waals surface area contributed by atoms with Crippen molar-refractivity contribution in [2.24, 2.45) is 5.92 Å². The van der Waals surface area contributed by atoms with E-state index in [4.69, 9.17) is 4.43 Å². The predicted molar refractivity (Wildman–Crippen MR) is 90.7 cm³/mol. The molecular formula is C17H36O2Si. The maximum absolute atomic E-state index is 10.6. The summed E-state index contributed by atoms with van der Waals surface area (Å²) in [5.41, 5.74) is 1.86. The van der Waals surface area contributed by atoms with Crippen LogP contribution < -0.4 is 0 Å². The summed E-state index contributed by atoms with van der Waals surface area (Å²) in [6.07, 6.45) is 3.97. The summed E-state index contributed by atoms with van der Waals surface area (Å²) in [6.45, 7) is 18.4. The minimum Gasteiger partial charge on any atom is -0.413 e. The second kappa shape index (κ2) is 8.99. The van der Waals surface area contributed by atoms with Crippen LogP contribution in [0.1, 0.15) is 74.7 Å². The number of aldehydes is 1. The second-order valence-corrected chi connectivity index (χ2v) is 12.5. The summed E-state index contributed by atoms with van der Waals surface area (Å²) >= 11 is 0. The van der Waals surface area contributed by atoms with E-state index in [9.17, 15) is 4.79 Å². The van der Waals surface area contributed by atoms with Crippen molar-refractivity contribution in [2.75, 3.05) is 0 Å². The Balaban J connectivity index is 5.15. The van der Waals surface area contributed by atoms with Crippen LogP contribution in [0.3, 0.4) is 0 Å². The number of carbonyl (C=O) groups excluding carboxylic acids is 1. The fourth-order valence-electron chi connectivity index (χ4n) is 3.79. The molecule has 0 aliphatic carbocycles. The first-order valence-electron chi connectivity index (χ1n) is 8.35. The molecular weight excluding hydrogens is 264 g/mol. The summed E-state index contributed by atoms with van der Waals surface area (Å²) in [6, 6.07) is 0. The molecule has 0 aliphatic heterocycles. The Hall–Kier alpha value is -0.153. The van der Waals surface area contributed by atoms with Crippen molar-refractivity contribution in [1.29, 1.82) is 0 Å². The molecule has 0 bridgehead atoms. The van der Waals surface area contributed by atoms with Crippen molar-refractivity contribution in [1.82, 2.24) is 0 Å². The highest BCUT2D eigenvalue weighted by Gasteiger charge is 2.46. The Morgan fingerprint density at radius 1 is 0.950 bits per heavy atom. The van der Waals surface area contributed by atoms with Crippen LogP contribution in [0, 0.1) is 5.92 Å². The topological polar surface area (TPSA) is 26.3 Å². The Morgan fingerprint density at radius 3 is 1.70 bits per heavy atom. The smallest absolute Gasteiger partial charge is 0.200 e. The average molecular weight is 301 g/mol. The van der Waals surface area contributed by atoms with Gasteiger partial charge in [-0.3, -0.25) is 0 Å². The molecule has 0 saturated carbocycles. The van der Waals surface area contributed by atoms with Gasteiger partial charge in [-0.2, -0.15) is 0 Å². The van der Waals surface area contributed by atoms with E-state index >= 15 is 0 Å². The molecule has 0 unspecified atom stereocenters. The molecule has 0 rings (SSSR count). The highest BCUT2D eigenvalue weighted by atomic mass is 28.4. The second-order valence-electron chi connectivity index (χ2n) is 7.10. The number of hydrogen-bond donors (Lipinski definition) is 0. The summed E-state index contributed by atoms with van der Waals surface area (Å²) < 4.78 is 6.85. The van der Waals surface area contributed by atoms with Gasteiger partial charge in [0.1, 0.15) is 6.29 Å². The minimum absolute atomic E-state index is 0.300. The lowest BCUT2D eigenvalue weighted by Crippen LogP contribution is -2.51. The first-order chi connectivity index (χ1) is 9.23. The van der Waals surface area contributed by atoms with E-state index in [1.165, 1.54) is 0 Å². The molecule has 0 fully saturated rings. The molecule has 120 valence electrons. The van der Waals surface area contributed by atoms with E-state index in [-0.39, 0.29) is 0 Å².